The molecule has 0 aromatic heterocycles. The van der Waals surface area contributed by atoms with Crippen LogP contribution in [0.2, 0.25) is 5.02 Å². The summed E-state index contributed by atoms with van der Waals surface area (Å²) in [6.45, 7) is 3.20. The second-order valence-corrected chi connectivity index (χ2v) is 6.94. The smallest absolute Gasteiger partial charge is 0.254 e. The summed E-state index contributed by atoms with van der Waals surface area (Å²) >= 11 is 5.95. The fourth-order valence-electron chi connectivity index (χ4n) is 3.65. The third-order valence-corrected chi connectivity index (χ3v) is 5.26. The molecule has 0 aliphatic carbocycles. The summed E-state index contributed by atoms with van der Waals surface area (Å²) in [4.78, 5) is 26.9. The van der Waals surface area contributed by atoms with Crippen molar-refractivity contribution in [2.75, 3.05) is 19.6 Å². The minimum Gasteiger partial charge on any atom is -0.392 e. The zero-order valence-corrected chi connectivity index (χ0v) is 13.9. The predicted octanol–water partition coefficient (Wildman–Crippen LogP) is 1.75. The lowest BCUT2D eigenvalue weighted by atomic mass is 9.71. The highest BCUT2D eigenvalue weighted by molar-refractivity contribution is 6.30. The number of aliphatic hydroxyl groups excluding tert-OH is 1. The first-order valence-electron chi connectivity index (χ1n) is 7.96. The van der Waals surface area contributed by atoms with Crippen molar-refractivity contribution in [2.24, 2.45) is 5.41 Å². The Labute approximate surface area is 140 Å². The van der Waals surface area contributed by atoms with Crippen molar-refractivity contribution in [1.29, 1.82) is 0 Å². The van der Waals surface area contributed by atoms with Gasteiger partial charge in [0.15, 0.2) is 0 Å². The number of carbonyl (C=O) groups excluding carboxylic acids is 2. The molecule has 2 N–H and O–H groups in total. The van der Waals surface area contributed by atoms with E-state index in [-0.39, 0.29) is 18.4 Å². The Morgan fingerprint density at radius 1 is 1.48 bits per heavy atom. The van der Waals surface area contributed by atoms with E-state index in [9.17, 15) is 14.7 Å². The first kappa shape index (κ1) is 16.3. The van der Waals surface area contributed by atoms with Crippen molar-refractivity contribution >= 4 is 23.4 Å². The molecule has 1 aromatic rings. The maximum atomic E-state index is 12.8. The Morgan fingerprint density at radius 3 is 2.96 bits per heavy atom. The standard InChI is InChI=1S/C17H21ClN2O3/c1-11-9-12(18)3-4-13(11)15(22)20-8-5-14(21)17(10-20)6-2-7-19-16(17)23/h3-4,9,14,21H,2,5-8,10H2,1H3,(H,19,23)/t14-,17-/m1/s1. The lowest BCUT2D eigenvalue weighted by Gasteiger charge is -2.46. The van der Waals surface area contributed by atoms with Gasteiger partial charge in [-0.3, -0.25) is 9.59 Å². The van der Waals surface area contributed by atoms with Crippen LogP contribution in [0.3, 0.4) is 0 Å². The van der Waals surface area contributed by atoms with Crippen molar-refractivity contribution in [1.82, 2.24) is 10.2 Å². The number of amides is 2. The topological polar surface area (TPSA) is 69.6 Å². The molecule has 0 unspecified atom stereocenters. The van der Waals surface area contributed by atoms with E-state index >= 15 is 0 Å². The van der Waals surface area contributed by atoms with Gasteiger partial charge in [-0.25, -0.2) is 0 Å². The van der Waals surface area contributed by atoms with Gasteiger partial charge < -0.3 is 15.3 Å². The Bertz CT molecular complexity index is 649. The van der Waals surface area contributed by atoms with Crippen LogP contribution >= 0.6 is 11.6 Å². The molecule has 2 aliphatic rings. The average molecular weight is 337 g/mol. The summed E-state index contributed by atoms with van der Waals surface area (Å²) in [6.07, 6.45) is 1.16. The molecule has 2 atom stereocenters. The second kappa shape index (κ2) is 6.13. The zero-order chi connectivity index (χ0) is 16.6. The molecule has 2 heterocycles. The fraction of sp³-hybridized carbons (Fsp3) is 0.529. The van der Waals surface area contributed by atoms with Crippen molar-refractivity contribution in [3.63, 3.8) is 0 Å². The SMILES string of the molecule is Cc1cc(Cl)ccc1C(=O)N1CC[C@@H](O)[C@@]2(CCCNC2=O)C1. The molecule has 1 aromatic carbocycles. The van der Waals surface area contributed by atoms with E-state index in [1.807, 2.05) is 6.92 Å². The quantitative estimate of drug-likeness (QED) is 0.821. The minimum absolute atomic E-state index is 0.108. The summed E-state index contributed by atoms with van der Waals surface area (Å²) in [6, 6.07) is 5.18. The molecule has 2 aliphatic heterocycles. The molecule has 0 saturated carbocycles. The van der Waals surface area contributed by atoms with Crippen LogP contribution in [0.4, 0.5) is 0 Å². The van der Waals surface area contributed by atoms with Crippen LogP contribution in [0.1, 0.15) is 35.2 Å². The number of halogens is 1. The lowest BCUT2D eigenvalue weighted by molar-refractivity contribution is -0.147. The third kappa shape index (κ3) is 2.83. The highest BCUT2D eigenvalue weighted by Gasteiger charge is 2.50. The van der Waals surface area contributed by atoms with Gasteiger partial charge in [0.25, 0.3) is 5.91 Å². The molecule has 23 heavy (non-hydrogen) atoms. The number of rotatable bonds is 1. The number of nitrogens with one attached hydrogen (secondary N) is 1. The van der Waals surface area contributed by atoms with Gasteiger partial charge in [0.1, 0.15) is 0 Å². The van der Waals surface area contributed by atoms with Crippen LogP contribution in [0, 0.1) is 12.3 Å². The Balaban J connectivity index is 1.86. The molecular formula is C17H21ClN2O3. The molecular weight excluding hydrogens is 316 g/mol. The van der Waals surface area contributed by atoms with Crippen LogP contribution in [0.25, 0.3) is 0 Å². The lowest BCUT2D eigenvalue weighted by Crippen LogP contribution is -2.62. The maximum absolute atomic E-state index is 12.8. The number of aliphatic hydroxyl groups is 1. The zero-order valence-electron chi connectivity index (χ0n) is 13.1. The van der Waals surface area contributed by atoms with Crippen molar-refractivity contribution in [3.8, 4) is 0 Å². The summed E-state index contributed by atoms with van der Waals surface area (Å²) in [5.74, 6) is -0.245. The molecule has 0 bridgehead atoms. The number of aryl methyl sites for hydroxylation is 1. The molecule has 1 spiro atoms. The fourth-order valence-corrected chi connectivity index (χ4v) is 3.88. The normalized spacial score (nSPS) is 27.9. The maximum Gasteiger partial charge on any atom is 0.254 e. The number of carbonyl (C=O) groups is 2. The summed E-state index contributed by atoms with van der Waals surface area (Å²) in [7, 11) is 0. The van der Waals surface area contributed by atoms with Crippen molar-refractivity contribution in [2.45, 2.75) is 32.3 Å². The highest BCUT2D eigenvalue weighted by Crippen LogP contribution is 2.37. The van der Waals surface area contributed by atoms with Crippen molar-refractivity contribution in [3.05, 3.63) is 34.3 Å². The van der Waals surface area contributed by atoms with E-state index in [0.717, 1.165) is 12.0 Å². The largest absolute Gasteiger partial charge is 0.392 e. The predicted molar refractivity (Wildman–Crippen MR) is 87.4 cm³/mol. The third-order valence-electron chi connectivity index (χ3n) is 5.03. The van der Waals surface area contributed by atoms with E-state index in [2.05, 4.69) is 5.32 Å². The van der Waals surface area contributed by atoms with Crippen LogP contribution in [0.5, 0.6) is 0 Å². The van der Waals surface area contributed by atoms with Crippen LogP contribution in [-0.2, 0) is 4.79 Å². The summed E-state index contributed by atoms with van der Waals surface area (Å²) in [5, 5.41) is 13.8. The molecule has 2 fully saturated rings. The number of nitrogens with zero attached hydrogens (tertiary/aromatic N) is 1. The van der Waals surface area contributed by atoms with Crippen molar-refractivity contribution < 1.29 is 14.7 Å². The first-order chi connectivity index (χ1) is 10.9. The van der Waals surface area contributed by atoms with Gasteiger partial charge in [-0.05, 0) is 49.9 Å². The van der Waals surface area contributed by atoms with E-state index in [1.165, 1.54) is 0 Å². The van der Waals surface area contributed by atoms with Gasteiger partial charge in [0, 0.05) is 30.2 Å². The number of hydrogen-bond donors (Lipinski definition) is 2. The van der Waals surface area contributed by atoms with Crippen LogP contribution < -0.4 is 5.32 Å². The monoisotopic (exact) mass is 336 g/mol. The van der Waals surface area contributed by atoms with E-state index in [1.54, 1.807) is 23.1 Å². The van der Waals surface area contributed by atoms with E-state index in [0.29, 0.717) is 36.5 Å². The van der Waals surface area contributed by atoms with Gasteiger partial charge in [0.2, 0.25) is 5.91 Å². The first-order valence-corrected chi connectivity index (χ1v) is 8.34. The van der Waals surface area contributed by atoms with Crippen LogP contribution in [-0.4, -0.2) is 47.6 Å². The molecule has 2 amide bonds. The molecule has 0 radical (unpaired) electrons. The van der Waals surface area contributed by atoms with Gasteiger partial charge in [0.05, 0.1) is 11.5 Å². The number of benzene rings is 1. The molecule has 124 valence electrons. The minimum atomic E-state index is -0.869. The Kier molecular flexibility index (Phi) is 4.34. The molecule has 3 rings (SSSR count). The van der Waals surface area contributed by atoms with Gasteiger partial charge >= 0.3 is 0 Å². The van der Waals surface area contributed by atoms with Crippen LogP contribution in [0.15, 0.2) is 18.2 Å². The average Bonchev–Trinajstić information content (AvgIpc) is 2.52. The van der Waals surface area contributed by atoms with Gasteiger partial charge in [-0.15, -0.1) is 0 Å². The summed E-state index contributed by atoms with van der Waals surface area (Å²) < 4.78 is 0. The van der Waals surface area contributed by atoms with Gasteiger partial charge in [-0.2, -0.15) is 0 Å². The summed E-state index contributed by atoms with van der Waals surface area (Å²) in [5.41, 5.74) is 0.542. The highest BCUT2D eigenvalue weighted by atomic mass is 35.5. The Morgan fingerprint density at radius 2 is 2.26 bits per heavy atom. The molecule has 2 saturated heterocycles. The number of hydrogen-bond acceptors (Lipinski definition) is 3. The van der Waals surface area contributed by atoms with E-state index in [4.69, 9.17) is 11.6 Å². The Hall–Kier alpha value is -1.59. The van der Waals surface area contributed by atoms with Gasteiger partial charge in [-0.1, -0.05) is 11.6 Å². The molecule has 6 heteroatoms. The number of likely N-dealkylation sites (tertiary alicyclic amines) is 1. The molecule has 5 nitrogen and oxygen atoms in total. The van der Waals surface area contributed by atoms with E-state index < -0.39 is 11.5 Å². The second-order valence-electron chi connectivity index (χ2n) is 6.51. The number of piperidine rings is 2.